The van der Waals surface area contributed by atoms with E-state index in [-0.39, 0.29) is 17.4 Å². The molecule has 4 heteroatoms. The molecular weight excluding hydrogens is 302 g/mol. The summed E-state index contributed by atoms with van der Waals surface area (Å²) in [4.78, 5) is 23.2. The zero-order valence-electron chi connectivity index (χ0n) is 13.7. The maximum atomic E-state index is 12.3. The summed E-state index contributed by atoms with van der Waals surface area (Å²) in [6, 6.07) is 15.1. The number of aryl methyl sites for hydroxylation is 1. The molecule has 0 spiro atoms. The number of amides is 1. The van der Waals surface area contributed by atoms with Crippen LogP contribution in [0, 0.1) is 12.8 Å². The molecule has 1 aliphatic rings. The predicted octanol–water partition coefficient (Wildman–Crippen LogP) is 3.16. The van der Waals surface area contributed by atoms with E-state index in [9.17, 15) is 9.59 Å². The largest absolute Gasteiger partial charge is 0.478 e. The van der Waals surface area contributed by atoms with Crippen LogP contribution in [0.15, 0.2) is 48.5 Å². The van der Waals surface area contributed by atoms with Gasteiger partial charge in [0, 0.05) is 12.5 Å². The molecule has 0 aromatic heterocycles. The van der Waals surface area contributed by atoms with E-state index in [1.165, 1.54) is 11.1 Å². The van der Waals surface area contributed by atoms with E-state index in [0.29, 0.717) is 18.9 Å². The predicted molar refractivity (Wildman–Crippen MR) is 92.1 cm³/mol. The minimum atomic E-state index is -0.931. The van der Waals surface area contributed by atoms with Crippen molar-refractivity contribution in [1.29, 1.82) is 0 Å². The molecular formula is C20H21NO3. The molecule has 0 saturated heterocycles. The minimum absolute atomic E-state index is 0.0662. The molecule has 0 bridgehead atoms. The Kier molecular flexibility index (Phi) is 4.65. The summed E-state index contributed by atoms with van der Waals surface area (Å²) in [6.45, 7) is 2.61. The van der Waals surface area contributed by atoms with Gasteiger partial charge >= 0.3 is 5.97 Å². The van der Waals surface area contributed by atoms with Crippen molar-refractivity contribution in [1.82, 2.24) is 5.32 Å². The van der Waals surface area contributed by atoms with Crippen LogP contribution in [0.4, 0.5) is 0 Å². The van der Waals surface area contributed by atoms with E-state index in [2.05, 4.69) is 24.4 Å². The molecule has 1 amide bonds. The number of carbonyl (C=O) groups excluding carboxylic acids is 1. The standard InChI is InChI=1S/C20H21NO3/c1-13-5-2-3-8-16(13)17-12-18(17)19(22)21-10-9-14-6-4-7-15(11-14)20(23)24/h2-8,11,17-18H,9-10,12H2,1H3,(H,21,22)(H,23,24). The van der Waals surface area contributed by atoms with Crippen molar-refractivity contribution in [3.8, 4) is 0 Å². The molecule has 0 heterocycles. The van der Waals surface area contributed by atoms with Crippen LogP contribution in [0.25, 0.3) is 0 Å². The molecule has 3 rings (SSSR count). The molecule has 0 radical (unpaired) electrons. The van der Waals surface area contributed by atoms with Gasteiger partial charge in [0.25, 0.3) is 0 Å². The van der Waals surface area contributed by atoms with Crippen LogP contribution < -0.4 is 5.32 Å². The molecule has 2 aromatic carbocycles. The third-order valence-electron chi connectivity index (χ3n) is 4.60. The number of nitrogens with one attached hydrogen (secondary N) is 1. The Bertz CT molecular complexity index is 769. The van der Waals surface area contributed by atoms with Crippen molar-refractivity contribution < 1.29 is 14.7 Å². The number of hydrogen-bond acceptors (Lipinski definition) is 2. The summed E-state index contributed by atoms with van der Waals surface area (Å²) < 4.78 is 0. The molecule has 4 nitrogen and oxygen atoms in total. The zero-order valence-corrected chi connectivity index (χ0v) is 13.7. The Balaban J connectivity index is 1.50. The van der Waals surface area contributed by atoms with Gasteiger partial charge in [0.2, 0.25) is 5.91 Å². The molecule has 2 atom stereocenters. The first kappa shape index (κ1) is 16.2. The molecule has 24 heavy (non-hydrogen) atoms. The van der Waals surface area contributed by atoms with Gasteiger partial charge < -0.3 is 10.4 Å². The summed E-state index contributed by atoms with van der Waals surface area (Å²) in [5, 5.41) is 12.0. The highest BCUT2D eigenvalue weighted by Gasteiger charge is 2.44. The third-order valence-corrected chi connectivity index (χ3v) is 4.60. The average molecular weight is 323 g/mol. The monoisotopic (exact) mass is 323 g/mol. The van der Waals surface area contributed by atoms with Crippen LogP contribution in [0.1, 0.15) is 39.4 Å². The Hall–Kier alpha value is -2.62. The summed E-state index contributed by atoms with van der Waals surface area (Å²) in [6.07, 6.45) is 1.54. The number of carboxylic acid groups (broad SMARTS) is 1. The Morgan fingerprint density at radius 3 is 2.71 bits per heavy atom. The van der Waals surface area contributed by atoms with Crippen molar-refractivity contribution in [3.63, 3.8) is 0 Å². The van der Waals surface area contributed by atoms with E-state index < -0.39 is 5.97 Å². The van der Waals surface area contributed by atoms with Gasteiger partial charge in [-0.15, -0.1) is 0 Å². The summed E-state index contributed by atoms with van der Waals surface area (Å²) in [5.74, 6) is -0.435. The lowest BCUT2D eigenvalue weighted by atomic mass is 10.0. The van der Waals surface area contributed by atoms with Gasteiger partial charge in [-0.25, -0.2) is 4.79 Å². The maximum Gasteiger partial charge on any atom is 0.335 e. The van der Waals surface area contributed by atoms with Crippen LogP contribution in [0.3, 0.4) is 0 Å². The number of benzene rings is 2. The summed E-state index contributed by atoms with van der Waals surface area (Å²) in [7, 11) is 0. The van der Waals surface area contributed by atoms with Gasteiger partial charge in [-0.1, -0.05) is 36.4 Å². The number of rotatable bonds is 6. The second-order valence-electron chi connectivity index (χ2n) is 6.35. The lowest BCUT2D eigenvalue weighted by Crippen LogP contribution is -2.27. The van der Waals surface area contributed by atoms with Crippen molar-refractivity contribution in [2.45, 2.75) is 25.7 Å². The van der Waals surface area contributed by atoms with Crippen LogP contribution in [-0.2, 0) is 11.2 Å². The SMILES string of the molecule is Cc1ccccc1C1CC1C(=O)NCCc1cccc(C(=O)O)c1. The van der Waals surface area contributed by atoms with Crippen LogP contribution in [0.5, 0.6) is 0 Å². The molecule has 2 unspecified atom stereocenters. The first-order valence-electron chi connectivity index (χ1n) is 8.21. The summed E-state index contributed by atoms with van der Waals surface area (Å²) >= 11 is 0. The van der Waals surface area contributed by atoms with E-state index in [0.717, 1.165) is 12.0 Å². The van der Waals surface area contributed by atoms with Gasteiger partial charge in [0.15, 0.2) is 0 Å². The quantitative estimate of drug-likeness (QED) is 0.858. The molecule has 2 N–H and O–H groups in total. The highest BCUT2D eigenvalue weighted by Crippen LogP contribution is 2.48. The first-order chi connectivity index (χ1) is 11.6. The Labute approximate surface area is 141 Å². The smallest absolute Gasteiger partial charge is 0.335 e. The van der Waals surface area contributed by atoms with E-state index in [1.54, 1.807) is 18.2 Å². The highest BCUT2D eigenvalue weighted by molar-refractivity contribution is 5.87. The van der Waals surface area contributed by atoms with Crippen LogP contribution >= 0.6 is 0 Å². The Morgan fingerprint density at radius 1 is 1.17 bits per heavy atom. The second-order valence-corrected chi connectivity index (χ2v) is 6.35. The van der Waals surface area contributed by atoms with Gasteiger partial charge in [0.05, 0.1) is 5.56 Å². The fourth-order valence-electron chi connectivity index (χ4n) is 3.15. The van der Waals surface area contributed by atoms with Gasteiger partial charge in [0.1, 0.15) is 0 Å². The Morgan fingerprint density at radius 2 is 1.96 bits per heavy atom. The molecule has 1 saturated carbocycles. The molecule has 2 aromatic rings. The fraction of sp³-hybridized carbons (Fsp3) is 0.300. The van der Waals surface area contributed by atoms with E-state index in [4.69, 9.17) is 5.11 Å². The minimum Gasteiger partial charge on any atom is -0.478 e. The topological polar surface area (TPSA) is 66.4 Å². The molecule has 1 aliphatic carbocycles. The normalized spacial score (nSPS) is 18.9. The lowest BCUT2D eigenvalue weighted by molar-refractivity contribution is -0.122. The maximum absolute atomic E-state index is 12.3. The second kappa shape index (κ2) is 6.87. The highest BCUT2D eigenvalue weighted by atomic mass is 16.4. The van der Waals surface area contributed by atoms with Crippen LogP contribution in [-0.4, -0.2) is 23.5 Å². The van der Waals surface area contributed by atoms with Crippen molar-refractivity contribution in [2.24, 2.45) is 5.92 Å². The number of hydrogen-bond donors (Lipinski definition) is 2. The fourth-order valence-corrected chi connectivity index (χ4v) is 3.15. The lowest BCUT2D eigenvalue weighted by Gasteiger charge is -2.07. The van der Waals surface area contributed by atoms with Crippen molar-refractivity contribution >= 4 is 11.9 Å². The van der Waals surface area contributed by atoms with Crippen LogP contribution in [0.2, 0.25) is 0 Å². The number of aromatic carboxylic acids is 1. The third kappa shape index (κ3) is 3.65. The number of carboxylic acids is 1. The average Bonchev–Trinajstić information content (AvgIpc) is 3.36. The zero-order chi connectivity index (χ0) is 17.1. The van der Waals surface area contributed by atoms with Crippen molar-refractivity contribution in [2.75, 3.05) is 6.54 Å². The molecule has 1 fully saturated rings. The first-order valence-corrected chi connectivity index (χ1v) is 8.21. The van der Waals surface area contributed by atoms with E-state index >= 15 is 0 Å². The van der Waals surface area contributed by atoms with E-state index in [1.807, 2.05) is 18.2 Å². The number of carbonyl (C=O) groups is 2. The van der Waals surface area contributed by atoms with Gasteiger partial charge in [-0.2, -0.15) is 0 Å². The van der Waals surface area contributed by atoms with Crippen molar-refractivity contribution in [3.05, 3.63) is 70.8 Å². The van der Waals surface area contributed by atoms with Gasteiger partial charge in [-0.3, -0.25) is 4.79 Å². The van der Waals surface area contributed by atoms with Gasteiger partial charge in [-0.05, 0) is 54.5 Å². The molecule has 124 valence electrons. The summed E-state index contributed by atoms with van der Waals surface area (Å²) in [5.41, 5.74) is 3.71. The molecule has 0 aliphatic heterocycles.